The molecule has 0 aliphatic carbocycles. The molecule has 2 aliphatic rings. The smallest absolute Gasteiger partial charge is 0.222 e. The summed E-state index contributed by atoms with van der Waals surface area (Å²) < 4.78 is 5.35. The molecule has 5 heteroatoms. The Kier molecular flexibility index (Phi) is 6.85. The topological polar surface area (TPSA) is 41.6 Å². The van der Waals surface area contributed by atoms with E-state index < -0.39 is 0 Å². The zero-order valence-electron chi connectivity index (χ0n) is 10.3. The van der Waals surface area contributed by atoms with Gasteiger partial charge in [-0.05, 0) is 32.2 Å². The molecule has 0 aromatic heterocycles. The molecule has 1 amide bonds. The number of hydrogen-bond donors (Lipinski definition) is 1. The van der Waals surface area contributed by atoms with Crippen LogP contribution < -0.4 is 5.32 Å². The fourth-order valence-corrected chi connectivity index (χ4v) is 2.45. The van der Waals surface area contributed by atoms with E-state index in [0.29, 0.717) is 25.0 Å². The zero-order valence-corrected chi connectivity index (χ0v) is 11.1. The van der Waals surface area contributed by atoms with Crippen molar-refractivity contribution in [3.63, 3.8) is 0 Å². The van der Waals surface area contributed by atoms with Gasteiger partial charge in [0.25, 0.3) is 0 Å². The number of nitrogens with one attached hydrogen (secondary N) is 1. The molecular formula is C12H23ClN2O2. The average molecular weight is 263 g/mol. The summed E-state index contributed by atoms with van der Waals surface area (Å²) in [5.41, 5.74) is 0. The Bertz CT molecular complexity index is 225. The predicted octanol–water partition coefficient (Wildman–Crippen LogP) is 1.19. The number of amides is 1. The lowest BCUT2D eigenvalue weighted by Crippen LogP contribution is -2.34. The molecule has 2 aliphatic heterocycles. The van der Waals surface area contributed by atoms with Crippen LogP contribution in [-0.4, -0.2) is 49.7 Å². The maximum atomic E-state index is 12.0. The first-order chi connectivity index (χ1) is 7.86. The molecular weight excluding hydrogens is 240 g/mol. The molecule has 0 saturated carbocycles. The van der Waals surface area contributed by atoms with E-state index >= 15 is 0 Å². The SMILES string of the molecule is Cl.O=C(CCC1CCCN1)N1CCCOCC1. The molecule has 0 aromatic carbocycles. The first-order valence-corrected chi connectivity index (χ1v) is 6.45. The minimum atomic E-state index is 0. The summed E-state index contributed by atoms with van der Waals surface area (Å²) in [5, 5.41) is 3.43. The average Bonchev–Trinajstić information content (AvgIpc) is 2.66. The summed E-state index contributed by atoms with van der Waals surface area (Å²) in [6.45, 7) is 4.27. The van der Waals surface area contributed by atoms with Crippen LogP contribution >= 0.6 is 12.4 Å². The van der Waals surface area contributed by atoms with Crippen molar-refractivity contribution < 1.29 is 9.53 Å². The summed E-state index contributed by atoms with van der Waals surface area (Å²) in [5.74, 6) is 0.305. The highest BCUT2D eigenvalue weighted by atomic mass is 35.5. The van der Waals surface area contributed by atoms with Gasteiger partial charge in [0.15, 0.2) is 0 Å². The van der Waals surface area contributed by atoms with Gasteiger partial charge in [0.05, 0.1) is 6.61 Å². The Morgan fingerprint density at radius 1 is 1.29 bits per heavy atom. The van der Waals surface area contributed by atoms with E-state index in [9.17, 15) is 4.79 Å². The molecule has 0 aromatic rings. The van der Waals surface area contributed by atoms with Gasteiger partial charge in [0.2, 0.25) is 5.91 Å². The molecule has 1 N–H and O–H groups in total. The van der Waals surface area contributed by atoms with Gasteiger partial charge in [-0.3, -0.25) is 4.79 Å². The van der Waals surface area contributed by atoms with E-state index in [2.05, 4.69) is 5.32 Å². The minimum Gasteiger partial charge on any atom is -0.380 e. The maximum Gasteiger partial charge on any atom is 0.222 e. The molecule has 0 radical (unpaired) electrons. The number of halogens is 1. The lowest BCUT2D eigenvalue weighted by molar-refractivity contribution is -0.131. The quantitative estimate of drug-likeness (QED) is 0.831. The third-order valence-electron chi connectivity index (χ3n) is 3.44. The second-order valence-corrected chi connectivity index (χ2v) is 4.68. The van der Waals surface area contributed by atoms with Crippen LogP contribution in [0.2, 0.25) is 0 Å². The molecule has 1 unspecified atom stereocenters. The van der Waals surface area contributed by atoms with Crippen molar-refractivity contribution in [3.8, 4) is 0 Å². The minimum absolute atomic E-state index is 0. The number of carbonyl (C=O) groups is 1. The highest BCUT2D eigenvalue weighted by Crippen LogP contribution is 2.12. The van der Waals surface area contributed by atoms with Crippen molar-refractivity contribution in [2.24, 2.45) is 0 Å². The molecule has 2 fully saturated rings. The van der Waals surface area contributed by atoms with Crippen molar-refractivity contribution >= 4 is 18.3 Å². The van der Waals surface area contributed by atoms with E-state index in [-0.39, 0.29) is 12.4 Å². The van der Waals surface area contributed by atoms with Gasteiger partial charge in [-0.2, -0.15) is 0 Å². The van der Waals surface area contributed by atoms with Crippen molar-refractivity contribution in [2.75, 3.05) is 32.8 Å². The number of hydrogen-bond acceptors (Lipinski definition) is 3. The van der Waals surface area contributed by atoms with Crippen LogP contribution in [-0.2, 0) is 9.53 Å². The summed E-state index contributed by atoms with van der Waals surface area (Å²) in [4.78, 5) is 13.9. The fraction of sp³-hybridized carbons (Fsp3) is 0.917. The predicted molar refractivity (Wildman–Crippen MR) is 69.5 cm³/mol. The van der Waals surface area contributed by atoms with Gasteiger partial charge in [-0.1, -0.05) is 0 Å². The Morgan fingerprint density at radius 2 is 2.18 bits per heavy atom. The summed E-state index contributed by atoms with van der Waals surface area (Å²) in [6.07, 6.45) is 5.16. The van der Waals surface area contributed by atoms with E-state index in [1.54, 1.807) is 0 Å². The van der Waals surface area contributed by atoms with E-state index in [1.165, 1.54) is 12.8 Å². The number of rotatable bonds is 3. The standard InChI is InChI=1S/C12H22N2O2.ClH/c15-12(5-4-11-3-1-6-13-11)14-7-2-9-16-10-8-14;/h11,13H,1-10H2;1H. The molecule has 17 heavy (non-hydrogen) atoms. The highest BCUT2D eigenvalue weighted by Gasteiger charge is 2.19. The molecule has 100 valence electrons. The van der Waals surface area contributed by atoms with Crippen LogP contribution in [0.15, 0.2) is 0 Å². The third-order valence-corrected chi connectivity index (χ3v) is 3.44. The lowest BCUT2D eigenvalue weighted by atomic mass is 10.1. The van der Waals surface area contributed by atoms with Crippen molar-refractivity contribution in [2.45, 2.75) is 38.1 Å². The first kappa shape index (κ1) is 14.7. The Labute approximate surface area is 109 Å². The van der Waals surface area contributed by atoms with Crippen molar-refractivity contribution in [1.82, 2.24) is 10.2 Å². The zero-order chi connectivity index (χ0) is 11.2. The van der Waals surface area contributed by atoms with Crippen LogP contribution in [0, 0.1) is 0 Å². The monoisotopic (exact) mass is 262 g/mol. The van der Waals surface area contributed by atoms with Gasteiger partial charge in [-0.25, -0.2) is 0 Å². The maximum absolute atomic E-state index is 12.0. The Hall–Kier alpha value is -0.320. The molecule has 2 rings (SSSR count). The molecule has 0 bridgehead atoms. The Balaban J connectivity index is 0.00000144. The van der Waals surface area contributed by atoms with Crippen molar-refractivity contribution in [3.05, 3.63) is 0 Å². The fourth-order valence-electron chi connectivity index (χ4n) is 2.45. The second-order valence-electron chi connectivity index (χ2n) is 4.68. The largest absolute Gasteiger partial charge is 0.380 e. The number of carbonyl (C=O) groups excluding carboxylic acids is 1. The van der Waals surface area contributed by atoms with Crippen LogP contribution in [0.3, 0.4) is 0 Å². The molecule has 2 saturated heterocycles. The van der Waals surface area contributed by atoms with Crippen LogP contribution in [0.25, 0.3) is 0 Å². The van der Waals surface area contributed by atoms with Gasteiger partial charge in [0.1, 0.15) is 0 Å². The molecule has 2 heterocycles. The van der Waals surface area contributed by atoms with Gasteiger partial charge < -0.3 is 15.0 Å². The third kappa shape index (κ3) is 4.82. The number of ether oxygens (including phenoxy) is 1. The highest BCUT2D eigenvalue weighted by molar-refractivity contribution is 5.85. The Morgan fingerprint density at radius 3 is 2.94 bits per heavy atom. The lowest BCUT2D eigenvalue weighted by Gasteiger charge is -2.20. The molecule has 4 nitrogen and oxygen atoms in total. The first-order valence-electron chi connectivity index (χ1n) is 6.45. The van der Waals surface area contributed by atoms with Crippen molar-refractivity contribution in [1.29, 1.82) is 0 Å². The van der Waals surface area contributed by atoms with Gasteiger partial charge in [0, 0.05) is 32.2 Å². The van der Waals surface area contributed by atoms with Crippen LogP contribution in [0.1, 0.15) is 32.1 Å². The summed E-state index contributed by atoms with van der Waals surface area (Å²) in [6, 6.07) is 0.576. The molecule has 0 spiro atoms. The van der Waals surface area contributed by atoms with Gasteiger partial charge >= 0.3 is 0 Å². The van der Waals surface area contributed by atoms with Crippen LogP contribution in [0.5, 0.6) is 0 Å². The van der Waals surface area contributed by atoms with E-state index in [0.717, 1.165) is 39.1 Å². The van der Waals surface area contributed by atoms with Gasteiger partial charge in [-0.15, -0.1) is 12.4 Å². The molecule has 1 atom stereocenters. The normalized spacial score (nSPS) is 25.2. The van der Waals surface area contributed by atoms with E-state index in [1.807, 2.05) is 4.90 Å². The summed E-state index contributed by atoms with van der Waals surface area (Å²) >= 11 is 0. The van der Waals surface area contributed by atoms with Crippen LogP contribution in [0.4, 0.5) is 0 Å². The number of nitrogens with zero attached hydrogens (tertiary/aromatic N) is 1. The second kappa shape index (κ2) is 7.90. The summed E-state index contributed by atoms with van der Waals surface area (Å²) in [7, 11) is 0. The van der Waals surface area contributed by atoms with E-state index in [4.69, 9.17) is 4.74 Å².